The Bertz CT molecular complexity index is 311. The minimum absolute atomic E-state index is 0.518. The number of hydrogen-bond donors (Lipinski definition) is 2. The number of guanidine groups is 1. The van der Waals surface area contributed by atoms with Crippen LogP contribution in [0.1, 0.15) is 53.4 Å². The van der Waals surface area contributed by atoms with Crippen molar-refractivity contribution in [3.8, 4) is 0 Å². The summed E-state index contributed by atoms with van der Waals surface area (Å²) in [6, 6.07) is 0.518. The molecule has 5 nitrogen and oxygen atoms in total. The summed E-state index contributed by atoms with van der Waals surface area (Å²) >= 11 is 0. The van der Waals surface area contributed by atoms with Crippen LogP contribution in [-0.4, -0.2) is 74.2 Å². The summed E-state index contributed by atoms with van der Waals surface area (Å²) in [6.45, 7) is 17.6. The van der Waals surface area contributed by atoms with E-state index in [4.69, 9.17) is 4.99 Å². The number of hydrogen-bond acceptors (Lipinski definition) is 3. The van der Waals surface area contributed by atoms with Gasteiger partial charge in [0.1, 0.15) is 0 Å². The summed E-state index contributed by atoms with van der Waals surface area (Å²) in [6.07, 6.45) is 5.15. The Morgan fingerprint density at radius 3 is 2.35 bits per heavy atom. The van der Waals surface area contributed by atoms with E-state index in [0.29, 0.717) is 6.04 Å². The van der Waals surface area contributed by atoms with Crippen LogP contribution in [0.25, 0.3) is 0 Å². The van der Waals surface area contributed by atoms with Crippen LogP contribution in [0.2, 0.25) is 0 Å². The van der Waals surface area contributed by atoms with Crippen molar-refractivity contribution in [3.63, 3.8) is 0 Å². The van der Waals surface area contributed by atoms with Gasteiger partial charge in [0.2, 0.25) is 0 Å². The fraction of sp³-hybridized carbons (Fsp3) is 0.944. The van der Waals surface area contributed by atoms with Crippen LogP contribution in [0.15, 0.2) is 4.99 Å². The van der Waals surface area contributed by atoms with Crippen molar-refractivity contribution < 1.29 is 0 Å². The van der Waals surface area contributed by atoms with Crippen molar-refractivity contribution in [2.75, 3.05) is 52.4 Å². The standard InChI is InChI=1S/C18H39N5/c1-5-8-9-10-11-20-18(19-6-2)21-16-17(4)23-14-12-22(7-3)13-15-23/h17H,5-16H2,1-4H3,(H2,19,20,21). The second-order valence-electron chi connectivity index (χ2n) is 6.53. The largest absolute Gasteiger partial charge is 0.357 e. The van der Waals surface area contributed by atoms with Gasteiger partial charge in [-0.25, -0.2) is 0 Å². The van der Waals surface area contributed by atoms with Gasteiger partial charge in [-0.15, -0.1) is 0 Å². The first-order valence-electron chi connectivity index (χ1n) is 9.69. The first-order valence-corrected chi connectivity index (χ1v) is 9.69. The second kappa shape index (κ2) is 12.6. The van der Waals surface area contributed by atoms with Gasteiger partial charge in [-0.3, -0.25) is 9.89 Å². The SMILES string of the molecule is CCCCCCNC(=NCC(C)N1CCN(CC)CC1)NCC. The van der Waals surface area contributed by atoms with Crippen molar-refractivity contribution in [2.45, 2.75) is 59.4 Å². The Balaban J connectivity index is 2.31. The van der Waals surface area contributed by atoms with Crippen molar-refractivity contribution in [2.24, 2.45) is 4.99 Å². The average Bonchev–Trinajstić information content (AvgIpc) is 2.59. The second-order valence-corrected chi connectivity index (χ2v) is 6.53. The predicted molar refractivity (Wildman–Crippen MR) is 101 cm³/mol. The van der Waals surface area contributed by atoms with E-state index in [1.165, 1.54) is 58.4 Å². The molecule has 2 N–H and O–H groups in total. The first kappa shape index (κ1) is 20.2. The number of piperazine rings is 1. The Morgan fingerprint density at radius 2 is 1.74 bits per heavy atom. The summed E-state index contributed by atoms with van der Waals surface area (Å²) in [5.41, 5.74) is 0. The molecule has 23 heavy (non-hydrogen) atoms. The lowest BCUT2D eigenvalue weighted by Crippen LogP contribution is -2.50. The summed E-state index contributed by atoms with van der Waals surface area (Å²) in [5, 5.41) is 6.83. The molecule has 1 atom stereocenters. The van der Waals surface area contributed by atoms with Gasteiger partial charge >= 0.3 is 0 Å². The summed E-state index contributed by atoms with van der Waals surface area (Å²) < 4.78 is 0. The molecule has 0 aromatic carbocycles. The molecular weight excluding hydrogens is 286 g/mol. The Labute approximate surface area is 143 Å². The molecule has 0 bridgehead atoms. The molecule has 1 fully saturated rings. The van der Waals surface area contributed by atoms with Gasteiger partial charge in [0.05, 0.1) is 6.54 Å². The van der Waals surface area contributed by atoms with E-state index in [1.54, 1.807) is 0 Å². The molecule has 1 heterocycles. The van der Waals surface area contributed by atoms with Crippen molar-refractivity contribution in [1.29, 1.82) is 0 Å². The molecule has 1 aliphatic heterocycles. The molecule has 1 saturated heterocycles. The fourth-order valence-electron chi connectivity index (χ4n) is 2.96. The Hall–Kier alpha value is -0.810. The van der Waals surface area contributed by atoms with Crippen LogP contribution in [0.4, 0.5) is 0 Å². The van der Waals surface area contributed by atoms with Crippen molar-refractivity contribution >= 4 is 5.96 Å². The minimum atomic E-state index is 0.518. The average molecular weight is 326 g/mol. The number of rotatable bonds is 10. The molecule has 0 radical (unpaired) electrons. The zero-order chi connectivity index (χ0) is 16.9. The highest BCUT2D eigenvalue weighted by Gasteiger charge is 2.19. The van der Waals surface area contributed by atoms with E-state index in [0.717, 1.165) is 25.6 Å². The highest BCUT2D eigenvalue weighted by atomic mass is 15.3. The van der Waals surface area contributed by atoms with E-state index < -0.39 is 0 Å². The van der Waals surface area contributed by atoms with Gasteiger partial charge in [0.15, 0.2) is 5.96 Å². The molecule has 5 heteroatoms. The van der Waals surface area contributed by atoms with Gasteiger partial charge in [0, 0.05) is 45.3 Å². The first-order chi connectivity index (χ1) is 11.2. The zero-order valence-electron chi connectivity index (χ0n) is 15.9. The monoisotopic (exact) mass is 325 g/mol. The van der Waals surface area contributed by atoms with E-state index in [1.807, 2.05) is 0 Å². The van der Waals surface area contributed by atoms with Crippen molar-refractivity contribution in [1.82, 2.24) is 20.4 Å². The lowest BCUT2D eigenvalue weighted by atomic mass is 10.2. The molecule has 1 aliphatic rings. The number of nitrogens with zero attached hydrogens (tertiary/aromatic N) is 3. The van der Waals surface area contributed by atoms with Crippen LogP contribution >= 0.6 is 0 Å². The Morgan fingerprint density at radius 1 is 1.00 bits per heavy atom. The van der Waals surface area contributed by atoms with Gasteiger partial charge in [0.25, 0.3) is 0 Å². The highest BCUT2D eigenvalue weighted by molar-refractivity contribution is 5.79. The van der Waals surface area contributed by atoms with Gasteiger partial charge < -0.3 is 15.5 Å². The van der Waals surface area contributed by atoms with Gasteiger partial charge in [-0.1, -0.05) is 33.1 Å². The number of unbranched alkanes of at least 4 members (excludes halogenated alkanes) is 3. The summed E-state index contributed by atoms with van der Waals surface area (Å²) in [5.74, 6) is 0.975. The fourth-order valence-corrected chi connectivity index (χ4v) is 2.96. The van der Waals surface area contributed by atoms with Crippen LogP contribution in [0.3, 0.4) is 0 Å². The highest BCUT2D eigenvalue weighted by Crippen LogP contribution is 2.06. The summed E-state index contributed by atoms with van der Waals surface area (Å²) in [7, 11) is 0. The predicted octanol–water partition coefficient (Wildman–Crippen LogP) is 2.15. The molecule has 0 aromatic rings. The van der Waals surface area contributed by atoms with Gasteiger partial charge in [-0.05, 0) is 26.8 Å². The molecule has 1 rings (SSSR count). The molecule has 0 aromatic heterocycles. The third kappa shape index (κ3) is 8.56. The lowest BCUT2D eigenvalue weighted by molar-refractivity contribution is 0.109. The normalized spacial score (nSPS) is 18.9. The van der Waals surface area contributed by atoms with Crippen LogP contribution in [-0.2, 0) is 0 Å². The summed E-state index contributed by atoms with van der Waals surface area (Å²) in [4.78, 5) is 9.88. The maximum Gasteiger partial charge on any atom is 0.191 e. The van der Waals surface area contributed by atoms with Crippen LogP contribution in [0.5, 0.6) is 0 Å². The minimum Gasteiger partial charge on any atom is -0.357 e. The number of likely N-dealkylation sites (N-methyl/N-ethyl adjacent to an activating group) is 1. The third-order valence-electron chi connectivity index (χ3n) is 4.66. The molecule has 0 spiro atoms. The Kier molecular flexibility index (Phi) is 11.1. The maximum atomic E-state index is 4.78. The third-order valence-corrected chi connectivity index (χ3v) is 4.66. The van der Waals surface area contributed by atoms with E-state index in [2.05, 4.69) is 48.1 Å². The van der Waals surface area contributed by atoms with Crippen LogP contribution in [0, 0.1) is 0 Å². The molecule has 0 saturated carbocycles. The topological polar surface area (TPSA) is 42.9 Å². The van der Waals surface area contributed by atoms with Crippen LogP contribution < -0.4 is 10.6 Å². The molecule has 1 unspecified atom stereocenters. The molecule has 0 aliphatic carbocycles. The number of nitrogens with one attached hydrogen (secondary N) is 2. The molecule has 136 valence electrons. The molecule has 0 amide bonds. The van der Waals surface area contributed by atoms with Crippen molar-refractivity contribution in [3.05, 3.63) is 0 Å². The maximum absolute atomic E-state index is 4.78. The number of aliphatic imine (C=N–C) groups is 1. The van der Waals surface area contributed by atoms with Gasteiger partial charge in [-0.2, -0.15) is 0 Å². The van der Waals surface area contributed by atoms with E-state index >= 15 is 0 Å². The smallest absolute Gasteiger partial charge is 0.191 e. The zero-order valence-corrected chi connectivity index (χ0v) is 15.9. The quantitative estimate of drug-likeness (QED) is 0.367. The lowest BCUT2D eigenvalue weighted by Gasteiger charge is -2.37. The molecular formula is C18H39N5. The van der Waals surface area contributed by atoms with E-state index in [-0.39, 0.29) is 0 Å². The van der Waals surface area contributed by atoms with E-state index in [9.17, 15) is 0 Å².